The number of furan rings is 1. The number of rotatable bonds is 5. The highest BCUT2D eigenvalue weighted by atomic mass is 16.3. The third-order valence-corrected chi connectivity index (χ3v) is 4.17. The van der Waals surface area contributed by atoms with Crippen molar-refractivity contribution in [2.45, 2.75) is 6.54 Å². The van der Waals surface area contributed by atoms with E-state index >= 15 is 0 Å². The van der Waals surface area contributed by atoms with E-state index in [1.807, 2.05) is 48.7 Å². The van der Waals surface area contributed by atoms with Gasteiger partial charge in [0.05, 0.1) is 11.4 Å². The summed E-state index contributed by atoms with van der Waals surface area (Å²) >= 11 is 0. The first-order chi connectivity index (χ1) is 13.2. The summed E-state index contributed by atoms with van der Waals surface area (Å²) in [7, 11) is 0. The number of nitrogens with zero attached hydrogens (tertiary/aromatic N) is 1. The minimum atomic E-state index is -0.339. The normalized spacial score (nSPS) is 10.7. The Balaban J connectivity index is 1.50. The standard InChI is InChI=1S/C21H18N4O2/c22-17-5-1-2-6-18(17)25-21(26)20-11-15-10-16(7-8-19(15)27-20)24-13-14-4-3-9-23-12-14/h1-12,24H,13,22H2,(H,25,26). The Morgan fingerprint density at radius 1 is 1.07 bits per heavy atom. The molecule has 4 aromatic rings. The molecular weight excluding hydrogens is 340 g/mol. The second-order valence-corrected chi connectivity index (χ2v) is 6.12. The zero-order chi connectivity index (χ0) is 18.6. The number of fused-ring (bicyclic) bond motifs is 1. The summed E-state index contributed by atoms with van der Waals surface area (Å²) in [6.45, 7) is 0.665. The van der Waals surface area contributed by atoms with Gasteiger partial charge in [-0.2, -0.15) is 0 Å². The van der Waals surface area contributed by atoms with Crippen molar-refractivity contribution in [3.63, 3.8) is 0 Å². The van der Waals surface area contributed by atoms with Crippen LogP contribution in [0.15, 0.2) is 77.5 Å². The lowest BCUT2D eigenvalue weighted by Crippen LogP contribution is -2.12. The molecule has 6 heteroatoms. The number of carbonyl (C=O) groups excluding carboxylic acids is 1. The van der Waals surface area contributed by atoms with Crippen LogP contribution >= 0.6 is 0 Å². The maximum Gasteiger partial charge on any atom is 0.291 e. The number of nitrogens with two attached hydrogens (primary N) is 1. The number of nitrogens with one attached hydrogen (secondary N) is 2. The number of para-hydroxylation sites is 2. The number of hydrogen-bond donors (Lipinski definition) is 3. The lowest BCUT2D eigenvalue weighted by molar-refractivity contribution is 0.0999. The first kappa shape index (κ1) is 16.7. The topological polar surface area (TPSA) is 93.2 Å². The van der Waals surface area contributed by atoms with Gasteiger partial charge < -0.3 is 20.8 Å². The van der Waals surface area contributed by atoms with Crippen molar-refractivity contribution in [1.29, 1.82) is 0 Å². The van der Waals surface area contributed by atoms with E-state index in [-0.39, 0.29) is 11.7 Å². The van der Waals surface area contributed by atoms with Crippen molar-refractivity contribution in [2.75, 3.05) is 16.4 Å². The molecule has 0 spiro atoms. The second-order valence-electron chi connectivity index (χ2n) is 6.12. The Bertz CT molecular complexity index is 1090. The van der Waals surface area contributed by atoms with E-state index in [0.717, 1.165) is 16.6 Å². The molecule has 0 aliphatic rings. The highest BCUT2D eigenvalue weighted by Crippen LogP contribution is 2.25. The number of aromatic nitrogens is 1. The molecule has 6 nitrogen and oxygen atoms in total. The van der Waals surface area contributed by atoms with Crippen LogP contribution in [0.5, 0.6) is 0 Å². The Kier molecular flexibility index (Phi) is 4.45. The van der Waals surface area contributed by atoms with E-state index in [0.29, 0.717) is 23.5 Å². The molecule has 0 aliphatic heterocycles. The lowest BCUT2D eigenvalue weighted by atomic mass is 10.2. The number of nitrogen functional groups attached to an aromatic ring is 1. The third kappa shape index (κ3) is 3.74. The minimum Gasteiger partial charge on any atom is -0.451 e. The molecule has 134 valence electrons. The fraction of sp³-hybridized carbons (Fsp3) is 0.0476. The third-order valence-electron chi connectivity index (χ3n) is 4.17. The molecule has 2 heterocycles. The fourth-order valence-corrected chi connectivity index (χ4v) is 2.77. The van der Waals surface area contributed by atoms with Gasteiger partial charge in [0.25, 0.3) is 5.91 Å². The lowest BCUT2D eigenvalue weighted by Gasteiger charge is -2.05. The molecular formula is C21H18N4O2. The van der Waals surface area contributed by atoms with Crippen LogP contribution in [-0.2, 0) is 6.54 Å². The minimum absolute atomic E-state index is 0.234. The van der Waals surface area contributed by atoms with Crippen molar-refractivity contribution in [3.05, 3.63) is 84.4 Å². The van der Waals surface area contributed by atoms with Gasteiger partial charge in [-0.3, -0.25) is 9.78 Å². The number of anilines is 3. The summed E-state index contributed by atoms with van der Waals surface area (Å²) in [4.78, 5) is 16.6. The second kappa shape index (κ2) is 7.21. The Hall–Kier alpha value is -3.80. The van der Waals surface area contributed by atoms with Gasteiger partial charge in [0.1, 0.15) is 5.58 Å². The van der Waals surface area contributed by atoms with Crippen LogP contribution in [0, 0.1) is 0 Å². The van der Waals surface area contributed by atoms with Crippen LogP contribution in [0.4, 0.5) is 17.1 Å². The summed E-state index contributed by atoms with van der Waals surface area (Å²) in [5, 5.41) is 6.95. The molecule has 2 aromatic heterocycles. The molecule has 27 heavy (non-hydrogen) atoms. The average molecular weight is 358 g/mol. The molecule has 0 fully saturated rings. The van der Waals surface area contributed by atoms with Gasteiger partial charge >= 0.3 is 0 Å². The Morgan fingerprint density at radius 2 is 1.96 bits per heavy atom. The van der Waals surface area contributed by atoms with Gasteiger partial charge in [-0.05, 0) is 48.0 Å². The van der Waals surface area contributed by atoms with E-state index < -0.39 is 0 Å². The van der Waals surface area contributed by atoms with E-state index in [2.05, 4.69) is 15.6 Å². The zero-order valence-electron chi connectivity index (χ0n) is 14.5. The van der Waals surface area contributed by atoms with Gasteiger partial charge in [-0.25, -0.2) is 0 Å². The van der Waals surface area contributed by atoms with E-state index in [4.69, 9.17) is 10.2 Å². The van der Waals surface area contributed by atoms with Crippen LogP contribution in [-0.4, -0.2) is 10.9 Å². The predicted octanol–water partition coefficient (Wildman–Crippen LogP) is 4.27. The molecule has 0 unspecified atom stereocenters. The molecule has 0 atom stereocenters. The average Bonchev–Trinajstić information content (AvgIpc) is 3.12. The van der Waals surface area contributed by atoms with Gasteiger partial charge in [0.15, 0.2) is 5.76 Å². The predicted molar refractivity (Wildman–Crippen MR) is 107 cm³/mol. The molecule has 0 radical (unpaired) electrons. The van der Waals surface area contributed by atoms with E-state index in [9.17, 15) is 4.79 Å². The quantitative estimate of drug-likeness (QED) is 0.463. The first-order valence-corrected chi connectivity index (χ1v) is 8.51. The van der Waals surface area contributed by atoms with Gasteiger partial charge in [-0.15, -0.1) is 0 Å². The summed E-state index contributed by atoms with van der Waals surface area (Å²) in [6, 6.07) is 18.4. The van der Waals surface area contributed by atoms with Crippen LogP contribution in [0.25, 0.3) is 11.0 Å². The van der Waals surface area contributed by atoms with Gasteiger partial charge in [0, 0.05) is 30.0 Å². The Labute approximate surface area is 156 Å². The van der Waals surface area contributed by atoms with Crippen molar-refractivity contribution >= 4 is 33.9 Å². The number of amides is 1. The number of benzene rings is 2. The number of hydrogen-bond acceptors (Lipinski definition) is 5. The van der Waals surface area contributed by atoms with Crippen molar-refractivity contribution in [3.8, 4) is 0 Å². The molecule has 0 aliphatic carbocycles. The highest BCUT2D eigenvalue weighted by molar-refractivity contribution is 6.06. The summed E-state index contributed by atoms with van der Waals surface area (Å²) in [6.07, 6.45) is 3.57. The summed E-state index contributed by atoms with van der Waals surface area (Å²) < 4.78 is 5.67. The zero-order valence-corrected chi connectivity index (χ0v) is 14.5. The van der Waals surface area contributed by atoms with Crippen LogP contribution < -0.4 is 16.4 Å². The van der Waals surface area contributed by atoms with Crippen LogP contribution in [0.1, 0.15) is 16.1 Å². The van der Waals surface area contributed by atoms with Crippen LogP contribution in [0.2, 0.25) is 0 Å². The molecule has 1 amide bonds. The van der Waals surface area contributed by atoms with E-state index in [1.54, 1.807) is 24.4 Å². The molecule has 0 saturated heterocycles. The smallest absolute Gasteiger partial charge is 0.291 e. The molecule has 4 N–H and O–H groups in total. The molecule has 0 bridgehead atoms. The maximum absolute atomic E-state index is 12.4. The maximum atomic E-state index is 12.4. The fourth-order valence-electron chi connectivity index (χ4n) is 2.77. The van der Waals surface area contributed by atoms with Crippen molar-refractivity contribution < 1.29 is 9.21 Å². The molecule has 2 aromatic carbocycles. The monoisotopic (exact) mass is 358 g/mol. The van der Waals surface area contributed by atoms with E-state index in [1.165, 1.54) is 0 Å². The highest BCUT2D eigenvalue weighted by Gasteiger charge is 2.14. The first-order valence-electron chi connectivity index (χ1n) is 8.51. The summed E-state index contributed by atoms with van der Waals surface area (Å²) in [5.41, 5.74) is 9.60. The number of pyridine rings is 1. The summed E-state index contributed by atoms with van der Waals surface area (Å²) in [5.74, 6) is -0.105. The van der Waals surface area contributed by atoms with Crippen molar-refractivity contribution in [2.24, 2.45) is 0 Å². The number of carbonyl (C=O) groups is 1. The van der Waals surface area contributed by atoms with Gasteiger partial charge in [0.2, 0.25) is 0 Å². The van der Waals surface area contributed by atoms with Gasteiger partial charge in [-0.1, -0.05) is 18.2 Å². The molecule has 4 rings (SSSR count). The van der Waals surface area contributed by atoms with Crippen molar-refractivity contribution in [1.82, 2.24) is 4.98 Å². The Morgan fingerprint density at radius 3 is 2.78 bits per heavy atom. The molecule has 0 saturated carbocycles. The largest absolute Gasteiger partial charge is 0.451 e. The SMILES string of the molecule is Nc1ccccc1NC(=O)c1cc2cc(NCc3cccnc3)ccc2o1. The van der Waals surface area contributed by atoms with Crippen LogP contribution in [0.3, 0.4) is 0 Å².